The zero-order valence-electron chi connectivity index (χ0n) is 8.86. The van der Waals surface area contributed by atoms with Crippen molar-refractivity contribution < 1.29 is 9.53 Å². The Hall–Kier alpha value is -1.62. The largest absolute Gasteiger partial charge is 0.478 e. The molecule has 0 unspecified atom stereocenters. The van der Waals surface area contributed by atoms with Crippen LogP contribution >= 0.6 is 0 Å². The van der Waals surface area contributed by atoms with Gasteiger partial charge in [0.1, 0.15) is 0 Å². The summed E-state index contributed by atoms with van der Waals surface area (Å²) in [5.74, 6) is 0.303. The van der Waals surface area contributed by atoms with Crippen molar-refractivity contribution in [3.63, 3.8) is 0 Å². The summed E-state index contributed by atoms with van der Waals surface area (Å²) in [5, 5.41) is 2.63. The fourth-order valence-corrected chi connectivity index (χ4v) is 0.944. The van der Waals surface area contributed by atoms with Gasteiger partial charge in [0.25, 0.3) is 0 Å². The van der Waals surface area contributed by atoms with Gasteiger partial charge in [-0.25, -0.2) is 4.98 Å². The Morgan fingerprint density at radius 1 is 1.67 bits per heavy atom. The number of pyridine rings is 1. The molecule has 5 nitrogen and oxygen atoms in total. The molecule has 0 aliphatic rings. The minimum atomic E-state index is -0.531. The number of nitrogens with one attached hydrogen (secondary N) is 1. The van der Waals surface area contributed by atoms with Crippen LogP contribution in [-0.4, -0.2) is 23.5 Å². The van der Waals surface area contributed by atoms with Crippen LogP contribution in [0.3, 0.4) is 0 Å². The number of anilines is 1. The lowest BCUT2D eigenvalue weighted by atomic mass is 10.3. The molecule has 1 amide bonds. The van der Waals surface area contributed by atoms with Crippen LogP contribution in [0.5, 0.6) is 5.88 Å². The van der Waals surface area contributed by atoms with Crippen molar-refractivity contribution >= 4 is 11.6 Å². The van der Waals surface area contributed by atoms with E-state index in [9.17, 15) is 4.79 Å². The highest BCUT2D eigenvalue weighted by molar-refractivity contribution is 5.94. The van der Waals surface area contributed by atoms with E-state index in [0.29, 0.717) is 18.2 Å². The zero-order chi connectivity index (χ0) is 11.3. The van der Waals surface area contributed by atoms with Crippen molar-refractivity contribution in [3.8, 4) is 5.88 Å². The molecule has 0 aromatic carbocycles. The highest BCUT2D eigenvalue weighted by Gasteiger charge is 2.07. The summed E-state index contributed by atoms with van der Waals surface area (Å²) in [6.45, 7) is 4.07. The van der Waals surface area contributed by atoms with Gasteiger partial charge in [0, 0.05) is 6.07 Å². The fraction of sp³-hybridized carbons (Fsp3) is 0.400. The first-order chi connectivity index (χ1) is 7.13. The SMILES string of the molecule is CCOc1ccc(NC(=O)[C@H](C)N)cn1. The molecule has 0 saturated heterocycles. The Balaban J connectivity index is 2.60. The summed E-state index contributed by atoms with van der Waals surface area (Å²) >= 11 is 0. The average molecular weight is 209 g/mol. The summed E-state index contributed by atoms with van der Waals surface area (Å²) in [4.78, 5) is 15.2. The molecule has 0 aliphatic carbocycles. The lowest BCUT2D eigenvalue weighted by Gasteiger charge is -2.07. The highest BCUT2D eigenvalue weighted by atomic mass is 16.5. The second-order valence-corrected chi connectivity index (χ2v) is 3.10. The van der Waals surface area contributed by atoms with E-state index in [1.807, 2.05) is 6.92 Å². The molecular formula is C10H15N3O2. The number of nitrogens with zero attached hydrogens (tertiary/aromatic N) is 1. The molecule has 1 aromatic heterocycles. The molecule has 0 saturated carbocycles. The van der Waals surface area contributed by atoms with Crippen LogP contribution < -0.4 is 15.8 Å². The van der Waals surface area contributed by atoms with Crippen LogP contribution in [0.2, 0.25) is 0 Å². The Morgan fingerprint density at radius 2 is 2.40 bits per heavy atom. The third kappa shape index (κ3) is 3.55. The third-order valence-corrected chi connectivity index (χ3v) is 1.71. The molecule has 5 heteroatoms. The van der Waals surface area contributed by atoms with Gasteiger partial charge in [-0.2, -0.15) is 0 Å². The van der Waals surface area contributed by atoms with Crippen molar-refractivity contribution in [2.75, 3.05) is 11.9 Å². The highest BCUT2D eigenvalue weighted by Crippen LogP contribution is 2.11. The fourth-order valence-electron chi connectivity index (χ4n) is 0.944. The molecular weight excluding hydrogens is 194 g/mol. The number of aromatic nitrogens is 1. The van der Waals surface area contributed by atoms with Gasteiger partial charge in [-0.15, -0.1) is 0 Å². The summed E-state index contributed by atoms with van der Waals surface area (Å²) in [6.07, 6.45) is 1.53. The Kier molecular flexibility index (Phi) is 4.05. The summed E-state index contributed by atoms with van der Waals surface area (Å²) in [7, 11) is 0. The van der Waals surface area contributed by atoms with E-state index in [0.717, 1.165) is 0 Å². The van der Waals surface area contributed by atoms with Gasteiger partial charge >= 0.3 is 0 Å². The normalized spacial score (nSPS) is 11.9. The average Bonchev–Trinajstić information content (AvgIpc) is 2.21. The lowest BCUT2D eigenvalue weighted by molar-refractivity contribution is -0.117. The topological polar surface area (TPSA) is 77.2 Å². The molecule has 15 heavy (non-hydrogen) atoms. The van der Waals surface area contributed by atoms with E-state index in [1.54, 1.807) is 19.1 Å². The molecule has 1 heterocycles. The van der Waals surface area contributed by atoms with E-state index < -0.39 is 6.04 Å². The van der Waals surface area contributed by atoms with Gasteiger partial charge < -0.3 is 15.8 Å². The predicted octanol–water partition coefficient (Wildman–Crippen LogP) is 0.766. The minimum Gasteiger partial charge on any atom is -0.478 e. The number of nitrogens with two attached hydrogens (primary N) is 1. The molecule has 1 aromatic rings. The molecule has 0 fully saturated rings. The Morgan fingerprint density at radius 3 is 2.87 bits per heavy atom. The first-order valence-electron chi connectivity index (χ1n) is 4.78. The van der Waals surface area contributed by atoms with Gasteiger partial charge in [0.15, 0.2) is 0 Å². The van der Waals surface area contributed by atoms with E-state index in [2.05, 4.69) is 10.3 Å². The number of carbonyl (C=O) groups is 1. The zero-order valence-corrected chi connectivity index (χ0v) is 8.86. The minimum absolute atomic E-state index is 0.235. The monoisotopic (exact) mass is 209 g/mol. The van der Waals surface area contributed by atoms with Gasteiger partial charge in [0.05, 0.1) is 24.5 Å². The van der Waals surface area contributed by atoms with Crippen molar-refractivity contribution in [1.82, 2.24) is 4.98 Å². The number of amides is 1. The molecule has 0 spiro atoms. The standard InChI is InChI=1S/C10H15N3O2/c1-3-15-9-5-4-8(6-12-9)13-10(14)7(2)11/h4-7H,3,11H2,1-2H3,(H,13,14)/t7-/m0/s1. The van der Waals surface area contributed by atoms with Gasteiger partial charge in [-0.3, -0.25) is 4.79 Å². The summed E-state index contributed by atoms with van der Waals surface area (Å²) in [6, 6.07) is 2.88. The van der Waals surface area contributed by atoms with E-state index in [1.165, 1.54) is 6.20 Å². The number of hydrogen-bond donors (Lipinski definition) is 2. The maximum atomic E-state index is 11.2. The lowest BCUT2D eigenvalue weighted by Crippen LogP contribution is -2.32. The Labute approximate surface area is 88.6 Å². The number of ether oxygens (including phenoxy) is 1. The number of hydrogen-bond acceptors (Lipinski definition) is 4. The van der Waals surface area contributed by atoms with Gasteiger partial charge in [-0.05, 0) is 19.9 Å². The van der Waals surface area contributed by atoms with Crippen LogP contribution in [0.25, 0.3) is 0 Å². The van der Waals surface area contributed by atoms with Crippen molar-refractivity contribution in [2.45, 2.75) is 19.9 Å². The summed E-state index contributed by atoms with van der Waals surface area (Å²) < 4.78 is 5.16. The van der Waals surface area contributed by atoms with E-state index in [4.69, 9.17) is 10.5 Å². The molecule has 0 aliphatic heterocycles. The molecule has 1 atom stereocenters. The molecule has 1 rings (SSSR count). The third-order valence-electron chi connectivity index (χ3n) is 1.71. The van der Waals surface area contributed by atoms with Crippen LogP contribution in [0.4, 0.5) is 5.69 Å². The smallest absolute Gasteiger partial charge is 0.241 e. The van der Waals surface area contributed by atoms with Crippen molar-refractivity contribution in [1.29, 1.82) is 0 Å². The van der Waals surface area contributed by atoms with Gasteiger partial charge in [-0.1, -0.05) is 0 Å². The van der Waals surface area contributed by atoms with E-state index in [-0.39, 0.29) is 5.91 Å². The molecule has 0 bridgehead atoms. The Bertz CT molecular complexity index is 322. The van der Waals surface area contributed by atoms with Crippen LogP contribution in [0.15, 0.2) is 18.3 Å². The second-order valence-electron chi connectivity index (χ2n) is 3.10. The predicted molar refractivity (Wildman–Crippen MR) is 57.7 cm³/mol. The quantitative estimate of drug-likeness (QED) is 0.767. The van der Waals surface area contributed by atoms with Crippen molar-refractivity contribution in [2.24, 2.45) is 5.73 Å². The molecule has 82 valence electrons. The van der Waals surface area contributed by atoms with Crippen LogP contribution in [0.1, 0.15) is 13.8 Å². The number of carbonyl (C=O) groups excluding carboxylic acids is 1. The maximum Gasteiger partial charge on any atom is 0.241 e. The van der Waals surface area contributed by atoms with Crippen LogP contribution in [-0.2, 0) is 4.79 Å². The first-order valence-corrected chi connectivity index (χ1v) is 4.78. The second kappa shape index (κ2) is 5.31. The summed E-state index contributed by atoms with van der Waals surface area (Å²) in [5.41, 5.74) is 6.02. The number of rotatable bonds is 4. The van der Waals surface area contributed by atoms with Crippen molar-refractivity contribution in [3.05, 3.63) is 18.3 Å². The van der Waals surface area contributed by atoms with Crippen LogP contribution in [0, 0.1) is 0 Å². The van der Waals surface area contributed by atoms with Gasteiger partial charge in [0.2, 0.25) is 11.8 Å². The van der Waals surface area contributed by atoms with E-state index >= 15 is 0 Å². The molecule has 0 radical (unpaired) electrons. The molecule has 3 N–H and O–H groups in total. The first kappa shape index (κ1) is 11.5. The maximum absolute atomic E-state index is 11.2.